The number of pyridine rings is 1. The number of esters is 1. The number of nitrogen functional groups attached to an aromatic ring is 1. The Morgan fingerprint density at radius 2 is 1.97 bits per heavy atom. The van der Waals surface area contributed by atoms with Crippen molar-refractivity contribution in [1.82, 2.24) is 9.88 Å². The molecule has 2 N–H and O–H groups in total. The number of aromatic nitrogens is 1. The Bertz CT molecular complexity index is 1300. The average molecular weight is 518 g/mol. The van der Waals surface area contributed by atoms with Gasteiger partial charge in [-0.1, -0.05) is 11.6 Å². The van der Waals surface area contributed by atoms with Gasteiger partial charge >= 0.3 is 5.97 Å². The number of rotatable bonds is 6. The van der Waals surface area contributed by atoms with Crippen molar-refractivity contribution in [1.29, 1.82) is 0 Å². The van der Waals surface area contributed by atoms with Gasteiger partial charge in [0.1, 0.15) is 6.04 Å². The van der Waals surface area contributed by atoms with Gasteiger partial charge in [-0.25, -0.2) is 13.6 Å². The minimum Gasteiger partial charge on any atom is -0.456 e. The molecule has 0 radical (unpaired) electrons. The van der Waals surface area contributed by atoms with Crippen molar-refractivity contribution in [3.63, 3.8) is 0 Å². The van der Waals surface area contributed by atoms with E-state index in [2.05, 4.69) is 4.98 Å². The molecule has 2 saturated heterocycles. The molecule has 4 heterocycles. The second-order valence-corrected chi connectivity index (χ2v) is 9.42. The van der Waals surface area contributed by atoms with Crippen LogP contribution in [0.2, 0.25) is 5.02 Å². The van der Waals surface area contributed by atoms with E-state index in [0.29, 0.717) is 31.6 Å². The maximum absolute atomic E-state index is 14.8. The Morgan fingerprint density at radius 1 is 1.19 bits per heavy atom. The molecule has 188 valence electrons. The summed E-state index contributed by atoms with van der Waals surface area (Å²) >= 11 is 5.89. The molecule has 2 fully saturated rings. The molecule has 3 aliphatic rings. The number of halogens is 3. The first-order valence-electron chi connectivity index (χ1n) is 11.4. The van der Waals surface area contributed by atoms with E-state index in [-0.39, 0.29) is 45.9 Å². The molecule has 0 saturated carbocycles. The molecule has 36 heavy (non-hydrogen) atoms. The van der Waals surface area contributed by atoms with E-state index < -0.39 is 41.9 Å². The zero-order valence-electron chi connectivity index (χ0n) is 19.0. The number of carbonyl (C=O) groups is 3. The topological polar surface area (TPSA) is 112 Å². The number of hydrogen-bond acceptors (Lipinski definition) is 7. The van der Waals surface area contributed by atoms with Crippen molar-refractivity contribution in [2.24, 2.45) is 0 Å². The van der Waals surface area contributed by atoms with Gasteiger partial charge in [-0.3, -0.25) is 14.6 Å². The monoisotopic (exact) mass is 517 g/mol. The first-order valence-corrected chi connectivity index (χ1v) is 11.8. The normalized spacial score (nSPS) is 21.6. The number of nitrogens with two attached hydrogens (primary N) is 1. The molecule has 1 aromatic heterocycles. The summed E-state index contributed by atoms with van der Waals surface area (Å²) in [5, 5.41) is -0.105. The minimum absolute atomic E-state index is 0.0827. The van der Waals surface area contributed by atoms with E-state index in [4.69, 9.17) is 26.8 Å². The number of Topliss-reactive ketones (excluding diaryl/α,β-unsaturated/α-hetero) is 1. The quantitative estimate of drug-likeness (QED) is 0.355. The van der Waals surface area contributed by atoms with Crippen LogP contribution in [0, 0.1) is 11.6 Å². The zero-order valence-corrected chi connectivity index (χ0v) is 19.8. The third kappa shape index (κ3) is 4.24. The van der Waals surface area contributed by atoms with Crippen molar-refractivity contribution in [2.75, 3.05) is 25.6 Å². The molecule has 8 nitrogen and oxygen atoms in total. The van der Waals surface area contributed by atoms with Crippen LogP contribution in [0.5, 0.6) is 0 Å². The van der Waals surface area contributed by atoms with Crippen LogP contribution in [0.25, 0.3) is 5.57 Å². The van der Waals surface area contributed by atoms with E-state index in [1.807, 2.05) is 0 Å². The number of amides is 1. The second kappa shape index (κ2) is 9.59. The fourth-order valence-corrected chi connectivity index (χ4v) is 5.07. The van der Waals surface area contributed by atoms with Gasteiger partial charge in [-0.2, -0.15) is 0 Å². The highest BCUT2D eigenvalue weighted by molar-refractivity contribution is 6.31. The lowest BCUT2D eigenvalue weighted by Gasteiger charge is -2.33. The Morgan fingerprint density at radius 3 is 2.69 bits per heavy atom. The predicted octanol–water partition coefficient (Wildman–Crippen LogP) is 3.28. The number of nitrogens with zero attached hydrogens (tertiary/aromatic N) is 2. The van der Waals surface area contributed by atoms with Crippen LogP contribution in [-0.2, 0) is 19.1 Å². The molecule has 11 heteroatoms. The van der Waals surface area contributed by atoms with Crippen LogP contribution in [0.1, 0.15) is 46.8 Å². The molecule has 0 unspecified atom stereocenters. The highest BCUT2D eigenvalue weighted by Gasteiger charge is 2.44. The lowest BCUT2D eigenvalue weighted by molar-refractivity contribution is -0.152. The number of fused-ring (bicyclic) bond motifs is 1. The Hall–Kier alpha value is -3.37. The molecule has 5 rings (SSSR count). The third-order valence-electron chi connectivity index (χ3n) is 6.82. The standard InChI is InChI=1S/C25H22ClF2N3O5/c26-16-2-3-17(29)21(23(16)28)12-7-14-1-4-18(31(14)20(33)8-12)25(34)36-11-19(32)15-5-6-30-24(22(15)27)13-9-35-10-13/h2-3,5-6,8,13-14,18H,1,4,7,9-11,29H2/t14-,18+/m1/s1. The molecular formula is C25H22ClF2N3O5. The Labute approximate surface area is 210 Å². The lowest BCUT2D eigenvalue weighted by Crippen LogP contribution is -2.47. The maximum atomic E-state index is 14.8. The first-order chi connectivity index (χ1) is 17.3. The van der Waals surface area contributed by atoms with Gasteiger partial charge in [-0.15, -0.1) is 0 Å². The number of hydrogen-bond donors (Lipinski definition) is 1. The molecule has 0 aliphatic carbocycles. The summed E-state index contributed by atoms with van der Waals surface area (Å²) in [6.45, 7) is -0.0130. The van der Waals surface area contributed by atoms with E-state index in [9.17, 15) is 23.2 Å². The maximum Gasteiger partial charge on any atom is 0.329 e. The van der Waals surface area contributed by atoms with E-state index in [1.54, 1.807) is 0 Å². The summed E-state index contributed by atoms with van der Waals surface area (Å²) in [7, 11) is 0. The molecule has 0 bridgehead atoms. The minimum atomic E-state index is -0.903. The molecular weight excluding hydrogens is 496 g/mol. The van der Waals surface area contributed by atoms with Gasteiger partial charge in [-0.05, 0) is 43.0 Å². The summed E-state index contributed by atoms with van der Waals surface area (Å²) in [5.41, 5.74) is 6.52. The summed E-state index contributed by atoms with van der Waals surface area (Å²) < 4.78 is 39.6. The van der Waals surface area contributed by atoms with Crippen LogP contribution in [-0.4, -0.2) is 59.4 Å². The largest absolute Gasteiger partial charge is 0.456 e. The van der Waals surface area contributed by atoms with Crippen LogP contribution < -0.4 is 5.73 Å². The molecule has 2 atom stereocenters. The summed E-state index contributed by atoms with van der Waals surface area (Å²) in [4.78, 5) is 43.7. The molecule has 1 amide bonds. The van der Waals surface area contributed by atoms with Gasteiger partial charge in [0.25, 0.3) is 0 Å². The summed E-state index contributed by atoms with van der Waals surface area (Å²) in [5.74, 6) is -3.62. The molecule has 1 aromatic carbocycles. The van der Waals surface area contributed by atoms with Gasteiger partial charge in [0.05, 0.1) is 35.4 Å². The second-order valence-electron chi connectivity index (χ2n) is 9.01. The van der Waals surface area contributed by atoms with Gasteiger partial charge in [0, 0.05) is 29.6 Å². The summed E-state index contributed by atoms with van der Waals surface area (Å²) in [6.07, 6.45) is 3.65. The van der Waals surface area contributed by atoms with E-state index in [1.165, 1.54) is 35.4 Å². The molecule has 2 aromatic rings. The van der Waals surface area contributed by atoms with Gasteiger partial charge < -0.3 is 20.1 Å². The fourth-order valence-electron chi connectivity index (χ4n) is 4.91. The van der Waals surface area contributed by atoms with E-state index in [0.717, 1.165) is 0 Å². The fraction of sp³-hybridized carbons (Fsp3) is 0.360. The Balaban J connectivity index is 1.27. The van der Waals surface area contributed by atoms with Crippen molar-refractivity contribution >= 4 is 40.5 Å². The van der Waals surface area contributed by atoms with Crippen LogP contribution in [0.3, 0.4) is 0 Å². The van der Waals surface area contributed by atoms with Crippen molar-refractivity contribution in [2.45, 2.75) is 37.3 Å². The Kier molecular flexibility index (Phi) is 6.48. The van der Waals surface area contributed by atoms with Crippen molar-refractivity contribution < 1.29 is 32.6 Å². The van der Waals surface area contributed by atoms with Crippen molar-refractivity contribution in [3.05, 3.63) is 63.9 Å². The molecule has 0 spiro atoms. The van der Waals surface area contributed by atoms with Gasteiger partial charge in [0.2, 0.25) is 11.7 Å². The van der Waals surface area contributed by atoms with Crippen LogP contribution >= 0.6 is 11.6 Å². The average Bonchev–Trinajstić information content (AvgIpc) is 3.25. The molecule has 3 aliphatic heterocycles. The van der Waals surface area contributed by atoms with E-state index >= 15 is 0 Å². The predicted molar refractivity (Wildman–Crippen MR) is 125 cm³/mol. The lowest BCUT2D eigenvalue weighted by atomic mass is 9.92. The highest BCUT2D eigenvalue weighted by Crippen LogP contribution is 2.40. The SMILES string of the molecule is Nc1ccc(Cl)c(F)c1C1=CC(=O)N2[C@H](CC[C@H]2C(=O)OCC(=O)c2ccnc(C3COC3)c2F)C1. The number of benzene rings is 1. The smallest absolute Gasteiger partial charge is 0.329 e. The van der Waals surface area contributed by atoms with Crippen LogP contribution in [0.4, 0.5) is 14.5 Å². The van der Waals surface area contributed by atoms with Crippen molar-refractivity contribution in [3.8, 4) is 0 Å². The van der Waals surface area contributed by atoms with Gasteiger partial charge in [0.15, 0.2) is 18.2 Å². The third-order valence-corrected chi connectivity index (χ3v) is 7.11. The summed E-state index contributed by atoms with van der Waals surface area (Å²) in [6, 6.07) is 2.78. The number of ether oxygens (including phenoxy) is 2. The number of carbonyl (C=O) groups excluding carboxylic acids is 3. The number of ketones is 1. The number of anilines is 1. The van der Waals surface area contributed by atoms with Crippen LogP contribution in [0.15, 0.2) is 30.5 Å². The highest BCUT2D eigenvalue weighted by atomic mass is 35.5. The first kappa shape index (κ1) is 24.3. The zero-order chi connectivity index (χ0) is 25.6.